The summed E-state index contributed by atoms with van der Waals surface area (Å²) in [5.41, 5.74) is 0.691. The Hall–Kier alpha value is -2.57. The normalized spacial score (nSPS) is 12.1. The van der Waals surface area contributed by atoms with Gasteiger partial charge in [0.1, 0.15) is 5.75 Å². The van der Waals surface area contributed by atoms with Gasteiger partial charge in [0.05, 0.1) is 6.04 Å². The van der Waals surface area contributed by atoms with Crippen LogP contribution in [0.5, 0.6) is 5.75 Å². The molecule has 0 saturated heterocycles. The first-order valence-electron chi connectivity index (χ1n) is 7.06. The minimum absolute atomic E-state index is 0.0575. The maximum Gasteiger partial charge on any atom is 0.387 e. The second kappa shape index (κ2) is 7.33. The first-order chi connectivity index (χ1) is 11.3. The molecule has 1 atom stereocenters. The van der Waals surface area contributed by atoms with E-state index < -0.39 is 30.2 Å². The number of hydrogen-bond acceptors (Lipinski definition) is 2. The molecule has 0 radical (unpaired) electrons. The van der Waals surface area contributed by atoms with E-state index in [0.29, 0.717) is 5.56 Å². The molecule has 3 nitrogen and oxygen atoms in total. The van der Waals surface area contributed by atoms with Crippen LogP contribution in [0.25, 0.3) is 0 Å². The van der Waals surface area contributed by atoms with E-state index in [4.69, 9.17) is 0 Å². The van der Waals surface area contributed by atoms with E-state index in [2.05, 4.69) is 4.74 Å². The third-order valence-electron chi connectivity index (χ3n) is 3.65. The van der Waals surface area contributed by atoms with Crippen molar-refractivity contribution in [1.82, 2.24) is 4.90 Å². The SMILES string of the molecule is CC(c1ccc(F)c(F)c1)N(C)C(=O)c1ccc(OC(F)F)cc1. The number of halogens is 4. The van der Waals surface area contributed by atoms with Gasteiger partial charge in [0.15, 0.2) is 11.6 Å². The van der Waals surface area contributed by atoms with E-state index in [9.17, 15) is 22.4 Å². The van der Waals surface area contributed by atoms with Crippen LogP contribution in [0, 0.1) is 11.6 Å². The zero-order valence-corrected chi connectivity index (χ0v) is 13.0. The zero-order valence-electron chi connectivity index (χ0n) is 13.0. The lowest BCUT2D eigenvalue weighted by molar-refractivity contribution is -0.0498. The molecule has 0 aliphatic carbocycles. The van der Waals surface area contributed by atoms with Gasteiger partial charge in [-0.25, -0.2) is 8.78 Å². The number of hydrogen-bond donors (Lipinski definition) is 0. The Morgan fingerprint density at radius 3 is 2.21 bits per heavy atom. The van der Waals surface area contributed by atoms with E-state index in [1.165, 1.54) is 42.3 Å². The zero-order chi connectivity index (χ0) is 17.9. The highest BCUT2D eigenvalue weighted by atomic mass is 19.3. The van der Waals surface area contributed by atoms with Crippen molar-refractivity contribution < 1.29 is 27.1 Å². The highest BCUT2D eigenvalue weighted by Gasteiger charge is 2.20. The van der Waals surface area contributed by atoms with Gasteiger partial charge in [-0.2, -0.15) is 8.78 Å². The summed E-state index contributed by atoms with van der Waals surface area (Å²) in [6, 6.07) is 8.14. The van der Waals surface area contributed by atoms with E-state index >= 15 is 0 Å². The van der Waals surface area contributed by atoms with Gasteiger partial charge in [0.25, 0.3) is 5.91 Å². The Kier molecular flexibility index (Phi) is 5.43. The Morgan fingerprint density at radius 1 is 1.04 bits per heavy atom. The average molecular weight is 341 g/mol. The van der Waals surface area contributed by atoms with Gasteiger partial charge in [0, 0.05) is 12.6 Å². The number of alkyl halides is 2. The van der Waals surface area contributed by atoms with Crippen molar-refractivity contribution in [1.29, 1.82) is 0 Å². The van der Waals surface area contributed by atoms with E-state index in [1.54, 1.807) is 6.92 Å². The predicted octanol–water partition coefficient (Wildman–Crippen LogP) is 4.40. The van der Waals surface area contributed by atoms with Crippen molar-refractivity contribution in [3.63, 3.8) is 0 Å². The summed E-state index contributed by atoms with van der Waals surface area (Å²) in [6.07, 6.45) is 0. The van der Waals surface area contributed by atoms with Gasteiger partial charge in [-0.15, -0.1) is 0 Å². The molecule has 7 heteroatoms. The highest BCUT2D eigenvalue weighted by molar-refractivity contribution is 5.94. The van der Waals surface area contributed by atoms with Gasteiger partial charge in [-0.05, 0) is 48.9 Å². The van der Waals surface area contributed by atoms with E-state index in [1.807, 2.05) is 0 Å². The Morgan fingerprint density at radius 2 is 1.67 bits per heavy atom. The number of ether oxygens (including phenoxy) is 1. The minimum Gasteiger partial charge on any atom is -0.435 e. The topological polar surface area (TPSA) is 29.5 Å². The van der Waals surface area contributed by atoms with Gasteiger partial charge in [0.2, 0.25) is 0 Å². The molecule has 0 aliphatic heterocycles. The molecule has 0 spiro atoms. The summed E-state index contributed by atoms with van der Waals surface area (Å²) in [4.78, 5) is 13.8. The molecule has 128 valence electrons. The van der Waals surface area contributed by atoms with Crippen LogP contribution < -0.4 is 4.74 Å². The molecule has 0 heterocycles. The predicted molar refractivity (Wildman–Crippen MR) is 79.9 cm³/mol. The lowest BCUT2D eigenvalue weighted by atomic mass is 10.1. The molecule has 2 aromatic carbocycles. The monoisotopic (exact) mass is 341 g/mol. The average Bonchev–Trinajstić information content (AvgIpc) is 2.55. The number of benzene rings is 2. The molecule has 0 aliphatic rings. The molecular weight excluding hydrogens is 326 g/mol. The van der Waals surface area contributed by atoms with Crippen LogP contribution in [0.1, 0.15) is 28.9 Å². The van der Waals surface area contributed by atoms with Crippen LogP contribution in [-0.2, 0) is 0 Å². The fraction of sp³-hybridized carbons (Fsp3) is 0.235. The van der Waals surface area contributed by atoms with Crippen molar-refractivity contribution in [2.24, 2.45) is 0 Å². The third kappa shape index (κ3) is 4.04. The van der Waals surface area contributed by atoms with E-state index in [-0.39, 0.29) is 11.3 Å². The Bertz CT molecular complexity index is 719. The smallest absolute Gasteiger partial charge is 0.387 e. The number of rotatable bonds is 5. The van der Waals surface area contributed by atoms with Crippen LogP contribution in [0.15, 0.2) is 42.5 Å². The standard InChI is InChI=1S/C17H15F4NO2/c1-10(12-5-8-14(18)15(19)9-12)22(2)16(23)11-3-6-13(7-4-11)24-17(20)21/h3-10,17H,1-2H3. The fourth-order valence-corrected chi connectivity index (χ4v) is 2.15. The van der Waals surface area contributed by atoms with Crippen LogP contribution in [0.4, 0.5) is 17.6 Å². The summed E-state index contributed by atoms with van der Waals surface area (Å²) >= 11 is 0. The van der Waals surface area contributed by atoms with Gasteiger partial charge >= 0.3 is 6.61 Å². The summed E-state index contributed by atoms with van der Waals surface area (Å²) in [5.74, 6) is -2.41. The largest absolute Gasteiger partial charge is 0.435 e. The highest BCUT2D eigenvalue weighted by Crippen LogP contribution is 2.23. The van der Waals surface area contributed by atoms with Gasteiger partial charge < -0.3 is 9.64 Å². The van der Waals surface area contributed by atoms with E-state index in [0.717, 1.165) is 12.1 Å². The number of carbonyl (C=O) groups excluding carboxylic acids is 1. The second-order valence-electron chi connectivity index (χ2n) is 5.17. The number of nitrogens with zero attached hydrogens (tertiary/aromatic N) is 1. The molecule has 24 heavy (non-hydrogen) atoms. The molecule has 0 saturated carbocycles. The summed E-state index contributed by atoms with van der Waals surface area (Å²) < 4.78 is 54.7. The van der Waals surface area contributed by atoms with Crippen LogP contribution >= 0.6 is 0 Å². The molecule has 1 amide bonds. The number of amides is 1. The molecule has 2 rings (SSSR count). The van der Waals surface area contributed by atoms with Crippen LogP contribution in [-0.4, -0.2) is 24.5 Å². The lowest BCUT2D eigenvalue weighted by Gasteiger charge is -2.25. The first kappa shape index (κ1) is 17.8. The number of carbonyl (C=O) groups is 1. The molecule has 0 bridgehead atoms. The Labute approximate surface area is 136 Å². The molecule has 0 fully saturated rings. The molecular formula is C17H15F4NO2. The van der Waals surface area contributed by atoms with Gasteiger partial charge in [-0.1, -0.05) is 6.07 Å². The quantitative estimate of drug-likeness (QED) is 0.755. The lowest BCUT2D eigenvalue weighted by Crippen LogP contribution is -2.29. The van der Waals surface area contributed by atoms with Crippen molar-refractivity contribution in [2.75, 3.05) is 7.05 Å². The van der Waals surface area contributed by atoms with Crippen molar-refractivity contribution in [3.05, 3.63) is 65.2 Å². The molecule has 2 aromatic rings. The third-order valence-corrected chi connectivity index (χ3v) is 3.65. The van der Waals surface area contributed by atoms with Crippen LogP contribution in [0.2, 0.25) is 0 Å². The maximum absolute atomic E-state index is 13.3. The second-order valence-corrected chi connectivity index (χ2v) is 5.17. The van der Waals surface area contributed by atoms with Crippen LogP contribution in [0.3, 0.4) is 0 Å². The summed E-state index contributed by atoms with van der Waals surface area (Å²) in [7, 11) is 1.51. The van der Waals surface area contributed by atoms with Crippen molar-refractivity contribution in [3.8, 4) is 5.75 Å². The maximum atomic E-state index is 13.3. The minimum atomic E-state index is -2.94. The molecule has 0 aromatic heterocycles. The first-order valence-corrected chi connectivity index (χ1v) is 7.06. The van der Waals surface area contributed by atoms with Crippen molar-refractivity contribution in [2.45, 2.75) is 19.6 Å². The summed E-state index contributed by atoms with van der Waals surface area (Å²) in [6.45, 7) is -1.28. The fourth-order valence-electron chi connectivity index (χ4n) is 2.15. The Balaban J connectivity index is 2.14. The van der Waals surface area contributed by atoms with Gasteiger partial charge in [-0.3, -0.25) is 4.79 Å². The molecule has 1 unspecified atom stereocenters. The summed E-state index contributed by atoms with van der Waals surface area (Å²) in [5, 5.41) is 0. The molecule has 0 N–H and O–H groups in total. The van der Waals surface area contributed by atoms with Crippen molar-refractivity contribution >= 4 is 5.91 Å².